The molecule has 1 aromatic rings. The van der Waals surface area contributed by atoms with Gasteiger partial charge in [0.2, 0.25) is 0 Å². The molecule has 7 heteroatoms. The molecule has 2 rings (SSSR count). The van der Waals surface area contributed by atoms with E-state index < -0.39 is 12.5 Å². The predicted octanol–water partition coefficient (Wildman–Crippen LogP) is 2.83. The molecular formula is C10H7BrF2N2O2. The number of amides is 1. The zero-order chi connectivity index (χ0) is 12.4. The first-order valence-electron chi connectivity index (χ1n) is 4.65. The van der Waals surface area contributed by atoms with Crippen LogP contribution in [0.15, 0.2) is 27.8 Å². The molecule has 1 amide bonds. The van der Waals surface area contributed by atoms with Gasteiger partial charge in [-0.1, -0.05) is 22.0 Å². The van der Waals surface area contributed by atoms with Gasteiger partial charge in [-0.05, 0) is 12.1 Å². The first-order chi connectivity index (χ1) is 8.08. The van der Waals surface area contributed by atoms with E-state index in [-0.39, 0.29) is 12.2 Å². The van der Waals surface area contributed by atoms with E-state index in [2.05, 4.69) is 26.5 Å². The third-order valence-corrected chi connectivity index (χ3v) is 2.91. The van der Waals surface area contributed by atoms with Gasteiger partial charge in [0.1, 0.15) is 12.3 Å². The Morgan fingerprint density at radius 3 is 2.82 bits per heavy atom. The Labute approximate surface area is 104 Å². The lowest BCUT2D eigenvalue weighted by molar-refractivity contribution is 0.150. The van der Waals surface area contributed by atoms with Gasteiger partial charge in [-0.2, -0.15) is 5.10 Å². The molecule has 0 aromatic heterocycles. The minimum atomic E-state index is -2.58. The molecule has 0 fully saturated rings. The fourth-order valence-corrected chi connectivity index (χ4v) is 1.77. The van der Waals surface area contributed by atoms with Gasteiger partial charge in [0.05, 0.1) is 0 Å². The average molecular weight is 305 g/mol. The molecule has 1 aliphatic rings. The average Bonchev–Trinajstić information content (AvgIpc) is 2.30. The number of nitrogens with zero attached hydrogens (tertiary/aromatic N) is 1. The Kier molecular flexibility index (Phi) is 3.37. The van der Waals surface area contributed by atoms with E-state index in [9.17, 15) is 13.6 Å². The van der Waals surface area contributed by atoms with Gasteiger partial charge in [0.25, 0.3) is 6.43 Å². The Bertz CT molecular complexity index is 491. The van der Waals surface area contributed by atoms with Crippen molar-refractivity contribution in [3.8, 4) is 0 Å². The van der Waals surface area contributed by atoms with Crippen molar-refractivity contribution in [3.05, 3.63) is 33.8 Å². The lowest BCUT2D eigenvalue weighted by Crippen LogP contribution is -2.30. The molecule has 4 nitrogen and oxygen atoms in total. The smallest absolute Gasteiger partial charge is 0.428 e. The highest BCUT2D eigenvalue weighted by Crippen LogP contribution is 2.28. The van der Waals surface area contributed by atoms with Crippen molar-refractivity contribution < 1.29 is 18.3 Å². The standard InChI is InChI=1S/C10H7BrF2N2O2/c11-7-2-1-5(3-6(7)9(12)13)8-4-17-10(16)15-14-8/h1-3,9H,4H2,(H,15,16). The molecule has 0 saturated carbocycles. The highest BCUT2D eigenvalue weighted by molar-refractivity contribution is 9.10. The summed E-state index contributed by atoms with van der Waals surface area (Å²) in [6.07, 6.45) is -3.23. The summed E-state index contributed by atoms with van der Waals surface area (Å²) in [6, 6.07) is 4.44. The van der Waals surface area contributed by atoms with Crippen molar-refractivity contribution in [1.82, 2.24) is 5.43 Å². The van der Waals surface area contributed by atoms with Crippen LogP contribution in [-0.4, -0.2) is 18.4 Å². The second-order valence-corrected chi connectivity index (χ2v) is 4.14. The van der Waals surface area contributed by atoms with Gasteiger partial charge in [0, 0.05) is 15.6 Å². The Morgan fingerprint density at radius 1 is 1.47 bits per heavy atom. The van der Waals surface area contributed by atoms with Gasteiger partial charge in [0.15, 0.2) is 0 Å². The summed E-state index contributed by atoms with van der Waals surface area (Å²) in [7, 11) is 0. The fraction of sp³-hybridized carbons (Fsp3) is 0.200. The van der Waals surface area contributed by atoms with Crippen molar-refractivity contribution in [2.45, 2.75) is 6.43 Å². The molecule has 1 aromatic carbocycles. The van der Waals surface area contributed by atoms with Crippen molar-refractivity contribution in [2.75, 3.05) is 6.61 Å². The molecule has 0 bridgehead atoms. The summed E-state index contributed by atoms with van der Waals surface area (Å²) in [5, 5.41) is 3.74. The normalized spacial score (nSPS) is 15.3. The zero-order valence-electron chi connectivity index (χ0n) is 8.41. The molecule has 0 atom stereocenters. The van der Waals surface area contributed by atoms with E-state index in [1.165, 1.54) is 12.1 Å². The lowest BCUT2D eigenvalue weighted by Gasteiger charge is -2.14. The highest BCUT2D eigenvalue weighted by atomic mass is 79.9. The summed E-state index contributed by atoms with van der Waals surface area (Å²) in [5.74, 6) is 0. The van der Waals surface area contributed by atoms with Crippen LogP contribution < -0.4 is 5.43 Å². The summed E-state index contributed by atoms with van der Waals surface area (Å²) in [5.41, 5.74) is 2.89. The largest absolute Gasteiger partial charge is 0.442 e. The van der Waals surface area contributed by atoms with E-state index in [0.717, 1.165) is 0 Å². The second kappa shape index (κ2) is 4.79. The van der Waals surface area contributed by atoms with Crippen molar-refractivity contribution in [3.63, 3.8) is 0 Å². The topological polar surface area (TPSA) is 50.7 Å². The number of hydrogen-bond donors (Lipinski definition) is 1. The third kappa shape index (κ3) is 2.60. The first-order valence-corrected chi connectivity index (χ1v) is 5.44. The zero-order valence-corrected chi connectivity index (χ0v) is 10.0. The van der Waals surface area contributed by atoms with Gasteiger partial charge < -0.3 is 4.74 Å². The van der Waals surface area contributed by atoms with E-state index in [1.54, 1.807) is 6.07 Å². The Balaban J connectivity index is 2.34. The molecule has 1 heterocycles. The number of rotatable bonds is 2. The lowest BCUT2D eigenvalue weighted by atomic mass is 10.1. The number of alkyl halides is 2. The van der Waals surface area contributed by atoms with Crippen LogP contribution in [0.4, 0.5) is 13.6 Å². The Morgan fingerprint density at radius 2 is 2.24 bits per heavy atom. The number of cyclic esters (lactones) is 1. The number of halogens is 3. The predicted molar refractivity (Wildman–Crippen MR) is 60.1 cm³/mol. The molecular weight excluding hydrogens is 298 g/mol. The molecule has 1 aliphatic heterocycles. The van der Waals surface area contributed by atoms with Gasteiger partial charge in [-0.25, -0.2) is 19.0 Å². The van der Waals surface area contributed by atoms with Crippen LogP contribution in [0.5, 0.6) is 0 Å². The minimum Gasteiger partial charge on any atom is -0.442 e. The molecule has 90 valence electrons. The summed E-state index contributed by atoms with van der Waals surface area (Å²) >= 11 is 3.04. The summed E-state index contributed by atoms with van der Waals surface area (Å²) < 4.78 is 30.4. The number of nitrogens with one attached hydrogen (secondary N) is 1. The van der Waals surface area contributed by atoms with Gasteiger partial charge in [-0.15, -0.1) is 0 Å². The molecule has 0 radical (unpaired) electrons. The number of carbonyl (C=O) groups is 1. The molecule has 0 unspecified atom stereocenters. The number of benzene rings is 1. The maximum Gasteiger partial charge on any atom is 0.428 e. The van der Waals surface area contributed by atoms with Crippen LogP contribution >= 0.6 is 15.9 Å². The van der Waals surface area contributed by atoms with Gasteiger partial charge >= 0.3 is 6.09 Å². The molecule has 17 heavy (non-hydrogen) atoms. The SMILES string of the molecule is O=C1NN=C(c2ccc(Br)c(C(F)F)c2)CO1. The van der Waals surface area contributed by atoms with Crippen LogP contribution in [0.2, 0.25) is 0 Å². The van der Waals surface area contributed by atoms with E-state index in [0.29, 0.717) is 15.7 Å². The van der Waals surface area contributed by atoms with E-state index >= 15 is 0 Å². The third-order valence-electron chi connectivity index (χ3n) is 2.19. The van der Waals surface area contributed by atoms with E-state index in [4.69, 9.17) is 4.74 Å². The van der Waals surface area contributed by atoms with Crippen LogP contribution in [0.3, 0.4) is 0 Å². The maximum atomic E-state index is 12.7. The number of hydrazone groups is 1. The Hall–Kier alpha value is -1.50. The van der Waals surface area contributed by atoms with E-state index in [1.807, 2.05) is 0 Å². The van der Waals surface area contributed by atoms with Crippen LogP contribution in [0.25, 0.3) is 0 Å². The summed E-state index contributed by atoms with van der Waals surface area (Å²) in [6.45, 7) is -0.0316. The maximum absolute atomic E-state index is 12.7. The number of ether oxygens (including phenoxy) is 1. The molecule has 0 saturated heterocycles. The molecule has 1 N–H and O–H groups in total. The first kappa shape index (κ1) is 12.0. The van der Waals surface area contributed by atoms with Crippen LogP contribution in [0, 0.1) is 0 Å². The van der Waals surface area contributed by atoms with Crippen molar-refractivity contribution in [2.24, 2.45) is 5.10 Å². The molecule has 0 aliphatic carbocycles. The second-order valence-electron chi connectivity index (χ2n) is 3.28. The quantitative estimate of drug-likeness (QED) is 0.913. The van der Waals surface area contributed by atoms with Crippen molar-refractivity contribution >= 4 is 27.7 Å². The number of hydrogen-bond acceptors (Lipinski definition) is 3. The monoisotopic (exact) mass is 304 g/mol. The van der Waals surface area contributed by atoms with Crippen LogP contribution in [-0.2, 0) is 4.74 Å². The van der Waals surface area contributed by atoms with Gasteiger partial charge in [-0.3, -0.25) is 0 Å². The highest BCUT2D eigenvalue weighted by Gasteiger charge is 2.17. The summed E-state index contributed by atoms with van der Waals surface area (Å²) in [4.78, 5) is 10.7. The fourth-order valence-electron chi connectivity index (χ4n) is 1.35. The molecule has 0 spiro atoms. The van der Waals surface area contributed by atoms with Crippen molar-refractivity contribution in [1.29, 1.82) is 0 Å². The number of carbonyl (C=O) groups excluding carboxylic acids is 1. The van der Waals surface area contributed by atoms with Crippen LogP contribution in [0.1, 0.15) is 17.6 Å². The minimum absolute atomic E-state index is 0.0316.